The van der Waals surface area contributed by atoms with Crippen LogP contribution in [0.4, 0.5) is 5.69 Å². The van der Waals surface area contributed by atoms with Gasteiger partial charge in [0.1, 0.15) is 0 Å². The molecule has 0 unspecified atom stereocenters. The standard InChI is InChI=1S/C18H17N3O2S/c19-18-6-2-1-5-17(18)15-7-9-16(10-8-15)24(22,23)21-13-14-4-3-11-20-12-14/h1-12,21H,13,19H2. The highest BCUT2D eigenvalue weighted by Crippen LogP contribution is 2.26. The topological polar surface area (TPSA) is 85.1 Å². The van der Waals surface area contributed by atoms with Crippen LogP contribution in [0.15, 0.2) is 78.0 Å². The Kier molecular flexibility index (Phi) is 4.59. The molecule has 3 rings (SSSR count). The molecule has 3 N–H and O–H groups in total. The molecule has 0 aliphatic carbocycles. The van der Waals surface area contributed by atoms with Crippen LogP contribution in [0, 0.1) is 0 Å². The van der Waals surface area contributed by atoms with E-state index in [0.717, 1.165) is 16.7 Å². The molecule has 0 aliphatic heterocycles. The van der Waals surface area contributed by atoms with E-state index in [9.17, 15) is 8.42 Å². The van der Waals surface area contributed by atoms with E-state index >= 15 is 0 Å². The van der Waals surface area contributed by atoms with Gasteiger partial charge in [-0.25, -0.2) is 13.1 Å². The van der Waals surface area contributed by atoms with Gasteiger partial charge in [0.2, 0.25) is 10.0 Å². The molecule has 3 aromatic rings. The number of nitrogens with one attached hydrogen (secondary N) is 1. The van der Waals surface area contributed by atoms with Crippen LogP contribution in [0.3, 0.4) is 0 Å². The molecule has 5 nitrogen and oxygen atoms in total. The molecule has 122 valence electrons. The van der Waals surface area contributed by atoms with Gasteiger partial charge in [-0.3, -0.25) is 4.98 Å². The van der Waals surface area contributed by atoms with Crippen molar-refractivity contribution in [2.75, 3.05) is 5.73 Å². The zero-order chi connectivity index (χ0) is 17.0. The van der Waals surface area contributed by atoms with E-state index in [1.54, 1.807) is 42.7 Å². The lowest BCUT2D eigenvalue weighted by Gasteiger charge is -2.09. The van der Waals surface area contributed by atoms with E-state index in [1.165, 1.54) is 0 Å². The first-order chi connectivity index (χ1) is 11.6. The fraction of sp³-hybridized carbons (Fsp3) is 0.0556. The Hall–Kier alpha value is -2.70. The van der Waals surface area contributed by atoms with Crippen molar-refractivity contribution in [3.8, 4) is 11.1 Å². The number of nitrogens with zero attached hydrogens (tertiary/aromatic N) is 1. The number of rotatable bonds is 5. The zero-order valence-corrected chi connectivity index (χ0v) is 13.7. The van der Waals surface area contributed by atoms with Gasteiger partial charge in [0.25, 0.3) is 0 Å². The first-order valence-electron chi connectivity index (χ1n) is 7.40. The molecule has 0 radical (unpaired) electrons. The van der Waals surface area contributed by atoms with Crippen LogP contribution in [-0.4, -0.2) is 13.4 Å². The van der Waals surface area contributed by atoms with E-state index in [-0.39, 0.29) is 11.4 Å². The highest BCUT2D eigenvalue weighted by molar-refractivity contribution is 7.89. The van der Waals surface area contributed by atoms with Crippen molar-refractivity contribution in [3.05, 3.63) is 78.6 Å². The third-order valence-corrected chi connectivity index (χ3v) is 5.04. The average Bonchev–Trinajstić information content (AvgIpc) is 2.62. The molecular weight excluding hydrogens is 322 g/mol. The predicted molar refractivity (Wildman–Crippen MR) is 94.6 cm³/mol. The maximum atomic E-state index is 12.4. The molecule has 0 saturated heterocycles. The summed E-state index contributed by atoms with van der Waals surface area (Å²) in [5.74, 6) is 0. The number of sulfonamides is 1. The Labute approximate surface area is 141 Å². The minimum atomic E-state index is -3.58. The van der Waals surface area contributed by atoms with Crippen molar-refractivity contribution < 1.29 is 8.42 Å². The third kappa shape index (κ3) is 3.61. The van der Waals surface area contributed by atoms with Gasteiger partial charge < -0.3 is 5.73 Å². The van der Waals surface area contributed by atoms with Gasteiger partial charge in [-0.05, 0) is 35.4 Å². The number of pyridine rings is 1. The van der Waals surface area contributed by atoms with Crippen molar-refractivity contribution in [1.29, 1.82) is 0 Å². The molecule has 1 aromatic heterocycles. The number of para-hydroxylation sites is 1. The molecule has 0 amide bonds. The van der Waals surface area contributed by atoms with Crippen LogP contribution in [0.5, 0.6) is 0 Å². The molecular formula is C18H17N3O2S. The number of aromatic nitrogens is 1. The monoisotopic (exact) mass is 339 g/mol. The number of nitrogens with two attached hydrogens (primary N) is 1. The minimum absolute atomic E-state index is 0.198. The van der Waals surface area contributed by atoms with Gasteiger partial charge in [-0.2, -0.15) is 0 Å². The number of hydrogen-bond acceptors (Lipinski definition) is 4. The Morgan fingerprint density at radius 2 is 1.71 bits per heavy atom. The molecule has 0 aliphatic rings. The lowest BCUT2D eigenvalue weighted by molar-refractivity contribution is 0.581. The van der Waals surface area contributed by atoms with Gasteiger partial charge in [-0.1, -0.05) is 36.4 Å². The van der Waals surface area contributed by atoms with Crippen LogP contribution in [0.2, 0.25) is 0 Å². The van der Waals surface area contributed by atoms with E-state index in [4.69, 9.17) is 5.73 Å². The zero-order valence-electron chi connectivity index (χ0n) is 12.9. The maximum absolute atomic E-state index is 12.4. The van der Waals surface area contributed by atoms with Gasteiger partial charge in [0.15, 0.2) is 0 Å². The summed E-state index contributed by atoms with van der Waals surface area (Å²) in [6.07, 6.45) is 3.27. The lowest BCUT2D eigenvalue weighted by atomic mass is 10.0. The fourth-order valence-corrected chi connectivity index (χ4v) is 3.36. The smallest absolute Gasteiger partial charge is 0.240 e. The van der Waals surface area contributed by atoms with E-state index in [0.29, 0.717) is 5.69 Å². The number of benzene rings is 2. The largest absolute Gasteiger partial charge is 0.398 e. The molecule has 24 heavy (non-hydrogen) atoms. The van der Waals surface area contributed by atoms with E-state index in [1.807, 2.05) is 30.3 Å². The molecule has 0 spiro atoms. The SMILES string of the molecule is Nc1ccccc1-c1ccc(S(=O)(=O)NCc2cccnc2)cc1. The average molecular weight is 339 g/mol. The van der Waals surface area contributed by atoms with Crippen molar-refractivity contribution in [2.24, 2.45) is 0 Å². The minimum Gasteiger partial charge on any atom is -0.398 e. The summed E-state index contributed by atoms with van der Waals surface area (Å²) in [4.78, 5) is 4.18. The molecule has 0 saturated carbocycles. The fourth-order valence-electron chi connectivity index (χ4n) is 2.34. The Morgan fingerprint density at radius 1 is 0.958 bits per heavy atom. The Bertz CT molecular complexity index is 924. The third-order valence-electron chi connectivity index (χ3n) is 3.63. The summed E-state index contributed by atoms with van der Waals surface area (Å²) < 4.78 is 27.3. The highest BCUT2D eigenvalue weighted by atomic mass is 32.2. The van der Waals surface area contributed by atoms with E-state index < -0.39 is 10.0 Å². The highest BCUT2D eigenvalue weighted by Gasteiger charge is 2.14. The summed E-state index contributed by atoms with van der Waals surface area (Å²) in [5, 5.41) is 0. The normalized spacial score (nSPS) is 11.3. The summed E-state index contributed by atoms with van der Waals surface area (Å²) in [6, 6.07) is 17.7. The second-order valence-electron chi connectivity index (χ2n) is 5.30. The molecule has 1 heterocycles. The summed E-state index contributed by atoms with van der Waals surface area (Å²) in [6.45, 7) is 0.198. The van der Waals surface area contributed by atoms with E-state index in [2.05, 4.69) is 9.71 Å². The van der Waals surface area contributed by atoms with Crippen molar-refractivity contribution >= 4 is 15.7 Å². The van der Waals surface area contributed by atoms with Gasteiger partial charge >= 0.3 is 0 Å². The van der Waals surface area contributed by atoms with Crippen molar-refractivity contribution in [3.63, 3.8) is 0 Å². The van der Waals surface area contributed by atoms with Crippen LogP contribution < -0.4 is 10.5 Å². The maximum Gasteiger partial charge on any atom is 0.240 e. The molecule has 6 heteroatoms. The molecule has 0 atom stereocenters. The first-order valence-corrected chi connectivity index (χ1v) is 8.88. The molecule has 0 bridgehead atoms. The van der Waals surface area contributed by atoms with Gasteiger partial charge in [-0.15, -0.1) is 0 Å². The van der Waals surface area contributed by atoms with Crippen molar-refractivity contribution in [2.45, 2.75) is 11.4 Å². The van der Waals surface area contributed by atoms with Gasteiger partial charge in [0, 0.05) is 30.2 Å². The second kappa shape index (κ2) is 6.82. The summed E-state index contributed by atoms with van der Waals surface area (Å²) in [7, 11) is -3.58. The van der Waals surface area contributed by atoms with Crippen molar-refractivity contribution in [1.82, 2.24) is 9.71 Å². The van der Waals surface area contributed by atoms with Crippen LogP contribution in [-0.2, 0) is 16.6 Å². The lowest BCUT2D eigenvalue weighted by Crippen LogP contribution is -2.23. The summed E-state index contributed by atoms with van der Waals surface area (Å²) >= 11 is 0. The van der Waals surface area contributed by atoms with Crippen LogP contribution in [0.1, 0.15) is 5.56 Å². The number of hydrogen-bond donors (Lipinski definition) is 2. The Morgan fingerprint density at radius 3 is 2.38 bits per heavy atom. The first kappa shape index (κ1) is 16.2. The molecule has 2 aromatic carbocycles. The quantitative estimate of drug-likeness (QED) is 0.700. The predicted octanol–water partition coefficient (Wildman–Crippen LogP) is 2.81. The van der Waals surface area contributed by atoms with Gasteiger partial charge in [0.05, 0.1) is 4.90 Å². The van der Waals surface area contributed by atoms with Crippen LogP contribution >= 0.6 is 0 Å². The Balaban J connectivity index is 1.78. The number of anilines is 1. The number of nitrogen functional groups attached to an aromatic ring is 1. The van der Waals surface area contributed by atoms with Crippen LogP contribution in [0.25, 0.3) is 11.1 Å². The molecule has 0 fully saturated rings. The second-order valence-corrected chi connectivity index (χ2v) is 7.06. The summed E-state index contributed by atoms with van der Waals surface area (Å²) in [5.41, 5.74) is 9.16.